The van der Waals surface area contributed by atoms with E-state index >= 15 is 0 Å². The van der Waals surface area contributed by atoms with Gasteiger partial charge in [-0.2, -0.15) is 0 Å². The Hall–Kier alpha value is -3.75. The lowest BCUT2D eigenvalue weighted by molar-refractivity contribution is -0.136. The lowest BCUT2D eigenvalue weighted by Crippen LogP contribution is -2.24. The fourth-order valence-corrected chi connectivity index (χ4v) is 3.25. The number of nitrogens with zero attached hydrogens (tertiary/aromatic N) is 2. The first-order valence-electron chi connectivity index (χ1n) is 10.8. The molecule has 1 amide bonds. The zero-order valence-electron chi connectivity index (χ0n) is 18.8. The molecule has 9 heteroatoms. The van der Waals surface area contributed by atoms with Crippen molar-refractivity contribution in [2.24, 2.45) is 5.16 Å². The number of benzene rings is 2. The zero-order valence-corrected chi connectivity index (χ0v) is 18.8. The number of oxime groups is 1. The quantitative estimate of drug-likeness (QED) is 0.293. The molecule has 0 radical (unpaired) electrons. The molecule has 9 nitrogen and oxygen atoms in total. The average molecular weight is 456 g/mol. The van der Waals surface area contributed by atoms with Gasteiger partial charge >= 0.3 is 12.1 Å². The molecule has 1 fully saturated rings. The molecule has 0 saturated carbocycles. The van der Waals surface area contributed by atoms with Crippen molar-refractivity contribution in [1.82, 2.24) is 0 Å². The molecule has 1 aliphatic rings. The highest BCUT2D eigenvalue weighted by molar-refractivity contribution is 6.03. The van der Waals surface area contributed by atoms with Gasteiger partial charge in [0, 0.05) is 17.3 Å². The molecule has 2 aromatic carbocycles. The normalized spacial score (nSPS) is 13.6. The van der Waals surface area contributed by atoms with E-state index in [1.165, 1.54) is 0 Å². The Labute approximate surface area is 192 Å². The number of carboxylic acids is 1. The second-order valence-corrected chi connectivity index (χ2v) is 7.29. The highest BCUT2D eigenvalue weighted by Crippen LogP contribution is 2.25. The van der Waals surface area contributed by atoms with Gasteiger partial charge in [0.1, 0.15) is 37.0 Å². The number of hydrogen-bond donors (Lipinski definition) is 1. The number of amides is 1. The van der Waals surface area contributed by atoms with Crippen molar-refractivity contribution in [2.45, 2.75) is 26.7 Å². The molecular formula is C24H28N2O7. The molecule has 1 heterocycles. The van der Waals surface area contributed by atoms with Gasteiger partial charge in [-0.25, -0.2) is 4.79 Å². The van der Waals surface area contributed by atoms with Crippen LogP contribution in [0.3, 0.4) is 0 Å². The molecule has 2 aromatic rings. The summed E-state index contributed by atoms with van der Waals surface area (Å²) in [6, 6.07) is 12.4. The maximum absolute atomic E-state index is 11.9. The minimum absolute atomic E-state index is 0.0692. The van der Waals surface area contributed by atoms with Gasteiger partial charge in [0.15, 0.2) is 0 Å². The zero-order chi connectivity index (χ0) is 23.6. The summed E-state index contributed by atoms with van der Waals surface area (Å²) < 4.78 is 16.5. The van der Waals surface area contributed by atoms with Crippen molar-refractivity contribution in [2.75, 3.05) is 37.9 Å². The molecule has 0 aromatic heterocycles. The van der Waals surface area contributed by atoms with Crippen molar-refractivity contribution in [1.29, 1.82) is 0 Å². The lowest BCUT2D eigenvalue weighted by Gasteiger charge is -2.15. The summed E-state index contributed by atoms with van der Waals surface area (Å²) in [7, 11) is 0. The van der Waals surface area contributed by atoms with Crippen LogP contribution in [0.5, 0.6) is 11.5 Å². The first-order chi connectivity index (χ1) is 16.0. The maximum Gasteiger partial charge on any atom is 0.414 e. The molecule has 0 unspecified atom stereocenters. The van der Waals surface area contributed by atoms with Crippen LogP contribution in [0.1, 0.15) is 31.4 Å². The number of hydrogen-bond acceptors (Lipinski definition) is 7. The number of rotatable bonds is 12. The van der Waals surface area contributed by atoms with Gasteiger partial charge in [-0.15, -0.1) is 0 Å². The van der Waals surface area contributed by atoms with Crippen molar-refractivity contribution < 1.29 is 33.7 Å². The third-order valence-corrected chi connectivity index (χ3v) is 4.70. The second-order valence-electron chi connectivity index (χ2n) is 7.29. The smallest absolute Gasteiger partial charge is 0.414 e. The molecular weight excluding hydrogens is 428 g/mol. The van der Waals surface area contributed by atoms with Gasteiger partial charge in [-0.3, -0.25) is 9.69 Å². The molecule has 1 aliphatic heterocycles. The number of cyclic esters (lactones) is 1. The fourth-order valence-electron chi connectivity index (χ4n) is 3.25. The maximum atomic E-state index is 11.9. The SMILES string of the molecule is CCCO/N=C(\COc1cc(CC(=O)O)cc(OCC)c1)c1cccc(N2CCOC2=O)c1. The Morgan fingerprint density at radius 1 is 1.15 bits per heavy atom. The number of aliphatic carboxylic acids is 1. The van der Waals surface area contributed by atoms with Crippen molar-refractivity contribution in [3.8, 4) is 11.5 Å². The Morgan fingerprint density at radius 3 is 2.61 bits per heavy atom. The van der Waals surface area contributed by atoms with Crippen molar-refractivity contribution in [3.05, 3.63) is 53.6 Å². The molecule has 1 saturated heterocycles. The second kappa shape index (κ2) is 11.8. The monoisotopic (exact) mass is 456 g/mol. The Balaban J connectivity index is 1.83. The van der Waals surface area contributed by atoms with Crippen LogP contribution >= 0.6 is 0 Å². The van der Waals surface area contributed by atoms with E-state index in [0.717, 1.165) is 12.0 Å². The molecule has 0 bridgehead atoms. The first-order valence-corrected chi connectivity index (χ1v) is 10.8. The highest BCUT2D eigenvalue weighted by atomic mass is 16.6. The predicted molar refractivity (Wildman–Crippen MR) is 122 cm³/mol. The first kappa shape index (κ1) is 23.9. The fraction of sp³-hybridized carbons (Fsp3) is 0.375. The number of carboxylic acid groups (broad SMARTS) is 1. The Morgan fingerprint density at radius 2 is 1.94 bits per heavy atom. The molecule has 176 valence electrons. The van der Waals surface area contributed by atoms with Crippen LogP contribution < -0.4 is 14.4 Å². The van der Waals surface area contributed by atoms with E-state index in [0.29, 0.717) is 54.8 Å². The largest absolute Gasteiger partial charge is 0.494 e. The third kappa shape index (κ3) is 6.86. The average Bonchev–Trinajstić information content (AvgIpc) is 3.22. The van der Waals surface area contributed by atoms with Gasteiger partial charge in [-0.1, -0.05) is 24.2 Å². The van der Waals surface area contributed by atoms with Crippen LogP contribution in [-0.2, 0) is 20.8 Å². The molecule has 3 rings (SSSR count). The van der Waals surface area contributed by atoms with Gasteiger partial charge in [0.25, 0.3) is 0 Å². The van der Waals surface area contributed by atoms with Crippen LogP contribution in [0.25, 0.3) is 0 Å². The molecule has 0 spiro atoms. The van der Waals surface area contributed by atoms with Crippen LogP contribution in [-0.4, -0.2) is 55.9 Å². The number of ether oxygens (including phenoxy) is 3. The summed E-state index contributed by atoms with van der Waals surface area (Å²) in [5.41, 5.74) is 2.52. The molecule has 0 aliphatic carbocycles. The predicted octanol–water partition coefficient (Wildman–Crippen LogP) is 3.88. The third-order valence-electron chi connectivity index (χ3n) is 4.70. The summed E-state index contributed by atoms with van der Waals surface area (Å²) in [5.74, 6) is 0.0447. The van der Waals surface area contributed by atoms with Crippen LogP contribution in [0.4, 0.5) is 10.5 Å². The topological polar surface area (TPSA) is 107 Å². The Bertz CT molecular complexity index is 1010. The van der Waals surface area contributed by atoms with E-state index in [1.54, 1.807) is 23.1 Å². The minimum atomic E-state index is -0.943. The van der Waals surface area contributed by atoms with E-state index in [2.05, 4.69) is 5.16 Å². The van der Waals surface area contributed by atoms with Crippen molar-refractivity contribution in [3.63, 3.8) is 0 Å². The molecule has 33 heavy (non-hydrogen) atoms. The molecule has 0 atom stereocenters. The van der Waals surface area contributed by atoms with E-state index in [9.17, 15) is 9.59 Å². The Kier molecular flexibility index (Phi) is 8.51. The van der Waals surface area contributed by atoms with E-state index < -0.39 is 5.97 Å². The van der Waals surface area contributed by atoms with Crippen LogP contribution in [0, 0.1) is 0 Å². The van der Waals surface area contributed by atoms with E-state index in [-0.39, 0.29) is 19.1 Å². The summed E-state index contributed by atoms with van der Waals surface area (Å²) in [5, 5.41) is 13.4. The standard InChI is InChI=1S/C24H28N2O7/c1-3-9-33-25-22(18-6-5-7-19(14-18)26-8-10-31-24(26)29)16-32-21-12-17(13-23(27)28)11-20(15-21)30-4-2/h5-7,11-12,14-15H,3-4,8-10,13,16H2,1-2H3,(H,27,28)/b25-22+. The summed E-state index contributed by atoms with van der Waals surface area (Å²) >= 11 is 0. The highest BCUT2D eigenvalue weighted by Gasteiger charge is 2.24. The van der Waals surface area contributed by atoms with Gasteiger partial charge in [0.2, 0.25) is 0 Å². The van der Waals surface area contributed by atoms with Gasteiger partial charge < -0.3 is 24.2 Å². The minimum Gasteiger partial charge on any atom is -0.494 e. The van der Waals surface area contributed by atoms with Crippen LogP contribution in [0.2, 0.25) is 0 Å². The van der Waals surface area contributed by atoms with Crippen molar-refractivity contribution >= 4 is 23.5 Å². The van der Waals surface area contributed by atoms with E-state index in [1.807, 2.05) is 38.1 Å². The number of carbonyl (C=O) groups is 2. The summed E-state index contributed by atoms with van der Waals surface area (Å²) in [6.07, 6.45) is 0.265. The van der Waals surface area contributed by atoms with Gasteiger partial charge in [-0.05, 0) is 43.2 Å². The number of carbonyl (C=O) groups excluding carboxylic acids is 1. The number of anilines is 1. The molecule has 1 N–H and O–H groups in total. The summed E-state index contributed by atoms with van der Waals surface area (Å²) in [4.78, 5) is 30.1. The van der Waals surface area contributed by atoms with E-state index in [4.69, 9.17) is 24.2 Å². The van der Waals surface area contributed by atoms with Gasteiger partial charge in [0.05, 0.1) is 19.6 Å². The lowest BCUT2D eigenvalue weighted by atomic mass is 10.1. The van der Waals surface area contributed by atoms with Crippen LogP contribution in [0.15, 0.2) is 47.6 Å². The summed E-state index contributed by atoms with van der Waals surface area (Å²) in [6.45, 7) is 5.62.